The number of amides is 1. The molecule has 4 nitrogen and oxygen atoms in total. The maximum absolute atomic E-state index is 13.3. The molecule has 0 unspecified atom stereocenters. The molecule has 1 aliphatic carbocycles. The van der Waals surface area contributed by atoms with E-state index >= 15 is 0 Å². The largest absolute Gasteiger partial charge is 0.321 e. The molecule has 0 radical (unpaired) electrons. The molecule has 2 heterocycles. The highest BCUT2D eigenvalue weighted by molar-refractivity contribution is 8.05. The fraction of sp³-hybridized carbons (Fsp3) is 0.200. The average Bonchev–Trinajstić information content (AvgIpc) is 3.47. The summed E-state index contributed by atoms with van der Waals surface area (Å²) < 4.78 is 13.3. The maximum atomic E-state index is 13.3. The van der Waals surface area contributed by atoms with Gasteiger partial charge >= 0.3 is 0 Å². The van der Waals surface area contributed by atoms with Gasteiger partial charge in [-0.05, 0) is 65.8 Å². The van der Waals surface area contributed by atoms with E-state index in [0.717, 1.165) is 30.5 Å². The van der Waals surface area contributed by atoms with Crippen LogP contribution in [0.25, 0.3) is 12.2 Å². The fourth-order valence-corrected chi connectivity index (χ4v) is 6.34. The molecule has 6 heteroatoms. The molecule has 1 N–H and O–H groups in total. The molecule has 3 aromatic rings. The van der Waals surface area contributed by atoms with Crippen LogP contribution in [0.5, 0.6) is 0 Å². The fourth-order valence-electron chi connectivity index (χ4n) is 5.28. The van der Waals surface area contributed by atoms with Crippen LogP contribution in [0.15, 0.2) is 101 Å². The molecule has 180 valence electrons. The van der Waals surface area contributed by atoms with Gasteiger partial charge in [-0.3, -0.25) is 9.80 Å². The molecule has 6 rings (SSSR count). The Kier molecular flexibility index (Phi) is 6.20. The second-order valence-electron chi connectivity index (χ2n) is 9.30. The van der Waals surface area contributed by atoms with Crippen molar-refractivity contribution in [1.82, 2.24) is 10.3 Å². The van der Waals surface area contributed by atoms with Crippen LogP contribution in [-0.4, -0.2) is 22.1 Å². The lowest BCUT2D eigenvalue weighted by Crippen LogP contribution is -2.40. The second kappa shape index (κ2) is 9.78. The quantitative estimate of drug-likeness (QED) is 0.414. The van der Waals surface area contributed by atoms with Gasteiger partial charge in [0.25, 0.3) is 5.91 Å². The van der Waals surface area contributed by atoms with E-state index in [4.69, 9.17) is 5.10 Å². The van der Waals surface area contributed by atoms with Crippen molar-refractivity contribution in [3.63, 3.8) is 0 Å². The van der Waals surface area contributed by atoms with Crippen molar-refractivity contribution in [3.05, 3.63) is 118 Å². The molecule has 0 spiro atoms. The zero-order chi connectivity index (χ0) is 24.5. The summed E-state index contributed by atoms with van der Waals surface area (Å²) in [6.45, 7) is 0. The number of hydrogen-bond donors (Lipinski definition) is 1. The van der Waals surface area contributed by atoms with Gasteiger partial charge in [0.2, 0.25) is 0 Å². The zero-order valence-corrected chi connectivity index (χ0v) is 20.5. The van der Waals surface area contributed by atoms with Gasteiger partial charge in [0.1, 0.15) is 5.82 Å². The van der Waals surface area contributed by atoms with Crippen molar-refractivity contribution in [3.8, 4) is 0 Å². The Morgan fingerprint density at radius 2 is 1.61 bits per heavy atom. The van der Waals surface area contributed by atoms with Crippen molar-refractivity contribution in [2.45, 2.75) is 30.8 Å². The third kappa shape index (κ3) is 4.49. The smallest absolute Gasteiger partial charge is 0.260 e. The highest BCUT2D eigenvalue weighted by Gasteiger charge is 2.46. The lowest BCUT2D eigenvalue weighted by atomic mass is 9.77. The number of fused-ring (bicyclic) bond motifs is 1. The first-order chi connectivity index (χ1) is 17.7. The average molecular weight is 496 g/mol. The van der Waals surface area contributed by atoms with Crippen molar-refractivity contribution in [2.75, 3.05) is 0 Å². The van der Waals surface area contributed by atoms with Gasteiger partial charge in [-0.1, -0.05) is 84.6 Å². The Morgan fingerprint density at radius 3 is 2.36 bits per heavy atom. The molecule has 1 amide bonds. The van der Waals surface area contributed by atoms with E-state index < -0.39 is 0 Å². The number of hydrazone groups is 1. The molecule has 2 aliphatic heterocycles. The van der Waals surface area contributed by atoms with Crippen LogP contribution in [0, 0.1) is 11.7 Å². The topological polar surface area (TPSA) is 44.7 Å². The third-order valence-electron chi connectivity index (χ3n) is 6.94. The maximum Gasteiger partial charge on any atom is 0.260 e. The van der Waals surface area contributed by atoms with Crippen LogP contribution in [-0.2, 0) is 4.79 Å². The number of halogens is 1. The molecule has 0 aromatic heterocycles. The van der Waals surface area contributed by atoms with Crippen molar-refractivity contribution >= 4 is 35.5 Å². The van der Waals surface area contributed by atoms with Crippen molar-refractivity contribution < 1.29 is 9.18 Å². The SMILES string of the molecule is O=C1N[C@H](N2N=C3/C(=C/c4ccccc4)CCC[C@H]3[C@H]2c2ccccc2)S/C1=C/c1ccc(F)cc1. The number of nitrogens with one attached hydrogen (secondary N) is 1. The zero-order valence-electron chi connectivity index (χ0n) is 19.7. The molecular weight excluding hydrogens is 469 g/mol. The molecule has 1 saturated heterocycles. The first kappa shape index (κ1) is 22.8. The summed E-state index contributed by atoms with van der Waals surface area (Å²) in [4.78, 5) is 13.5. The van der Waals surface area contributed by atoms with Gasteiger partial charge < -0.3 is 5.32 Å². The molecule has 1 saturated carbocycles. The van der Waals surface area contributed by atoms with Gasteiger partial charge in [0.05, 0.1) is 16.7 Å². The van der Waals surface area contributed by atoms with Gasteiger partial charge in [0.15, 0.2) is 5.50 Å². The van der Waals surface area contributed by atoms with E-state index in [1.807, 2.05) is 18.2 Å². The summed E-state index contributed by atoms with van der Waals surface area (Å²) in [5.41, 5.74) is 5.27. The Morgan fingerprint density at radius 1 is 0.917 bits per heavy atom. The highest BCUT2D eigenvalue weighted by atomic mass is 32.2. The van der Waals surface area contributed by atoms with Crippen molar-refractivity contribution in [2.24, 2.45) is 11.0 Å². The van der Waals surface area contributed by atoms with E-state index in [-0.39, 0.29) is 29.2 Å². The molecule has 3 aromatic carbocycles. The minimum atomic E-state index is -0.314. The molecule has 0 bridgehead atoms. The van der Waals surface area contributed by atoms with Crippen LogP contribution < -0.4 is 5.32 Å². The first-order valence-electron chi connectivity index (χ1n) is 12.3. The number of benzene rings is 3. The van der Waals surface area contributed by atoms with Crippen LogP contribution >= 0.6 is 11.8 Å². The molecule has 36 heavy (non-hydrogen) atoms. The Hall–Kier alpha value is -3.64. The van der Waals surface area contributed by atoms with E-state index in [9.17, 15) is 9.18 Å². The first-order valence-corrected chi connectivity index (χ1v) is 13.2. The number of thioether (sulfide) groups is 1. The molecule has 3 aliphatic rings. The number of rotatable bonds is 4. The van der Waals surface area contributed by atoms with Crippen LogP contribution in [0.4, 0.5) is 4.39 Å². The second-order valence-corrected chi connectivity index (χ2v) is 10.4. The lowest BCUT2D eigenvalue weighted by Gasteiger charge is -2.33. The normalized spacial score (nSPS) is 25.7. The van der Waals surface area contributed by atoms with Crippen LogP contribution in [0.3, 0.4) is 0 Å². The van der Waals surface area contributed by atoms with Gasteiger partial charge in [-0.15, -0.1) is 0 Å². The Labute approximate surface area is 214 Å². The van der Waals surface area contributed by atoms with Crippen LogP contribution in [0.1, 0.15) is 42.0 Å². The number of hydrogen-bond acceptors (Lipinski definition) is 4. The number of carbonyl (C=O) groups is 1. The minimum Gasteiger partial charge on any atom is -0.321 e. The molecule has 3 atom stereocenters. The predicted molar refractivity (Wildman–Crippen MR) is 144 cm³/mol. The summed E-state index contributed by atoms with van der Waals surface area (Å²) in [5.74, 6) is -0.158. The van der Waals surface area contributed by atoms with E-state index in [2.05, 4.69) is 64.9 Å². The lowest BCUT2D eigenvalue weighted by molar-refractivity contribution is -0.117. The summed E-state index contributed by atoms with van der Waals surface area (Å²) >= 11 is 1.47. The predicted octanol–water partition coefficient (Wildman–Crippen LogP) is 6.61. The summed E-state index contributed by atoms with van der Waals surface area (Å²) in [7, 11) is 0. The minimum absolute atomic E-state index is 0.0450. The number of nitrogens with zero attached hydrogens (tertiary/aromatic N) is 2. The van der Waals surface area contributed by atoms with Crippen molar-refractivity contribution in [1.29, 1.82) is 0 Å². The van der Waals surface area contributed by atoms with Gasteiger partial charge in [-0.2, -0.15) is 5.10 Å². The monoisotopic (exact) mass is 495 g/mol. The Balaban J connectivity index is 1.35. The van der Waals surface area contributed by atoms with Crippen LogP contribution in [0.2, 0.25) is 0 Å². The molecule has 2 fully saturated rings. The highest BCUT2D eigenvalue weighted by Crippen LogP contribution is 2.47. The summed E-state index contributed by atoms with van der Waals surface area (Å²) in [6, 6.07) is 27.1. The van der Waals surface area contributed by atoms with Gasteiger partial charge in [-0.25, -0.2) is 4.39 Å². The number of allylic oxidation sites excluding steroid dienone is 1. The molecular formula is C30H26FN3OS. The third-order valence-corrected chi connectivity index (χ3v) is 8.05. The van der Waals surface area contributed by atoms with Gasteiger partial charge in [0, 0.05) is 5.92 Å². The Bertz CT molecular complexity index is 1350. The number of carbonyl (C=O) groups excluding carboxylic acids is 1. The summed E-state index contributed by atoms with van der Waals surface area (Å²) in [5, 5.41) is 10.4. The van der Waals surface area contributed by atoms with E-state index in [0.29, 0.717) is 4.91 Å². The van der Waals surface area contributed by atoms with E-state index in [1.165, 1.54) is 40.6 Å². The summed E-state index contributed by atoms with van der Waals surface area (Å²) in [6.07, 6.45) is 7.24. The van der Waals surface area contributed by atoms with E-state index in [1.54, 1.807) is 12.1 Å². The standard InChI is InChI=1S/C30H26FN3OS/c31-24-16-14-21(15-17-24)19-26-29(35)32-30(36-26)34-28(22-10-5-2-6-11-22)25-13-7-12-23(27(25)33-34)18-20-8-3-1-4-9-20/h1-6,8-11,14-19,25,28,30H,7,12-13H2,(H,32,35)/b23-18+,26-19+/t25-,28-,30-/m1/s1.